The van der Waals surface area contributed by atoms with Crippen LogP contribution in [0.15, 0.2) is 0 Å². The summed E-state index contributed by atoms with van der Waals surface area (Å²) in [5.41, 5.74) is 0. The minimum Gasteiger partial charge on any atom is -0.394 e. The van der Waals surface area contributed by atoms with Gasteiger partial charge in [0, 0.05) is 34.6 Å². The molecule has 0 spiro atoms. The Morgan fingerprint density at radius 3 is 0.913 bits per heavy atom. The summed E-state index contributed by atoms with van der Waals surface area (Å²) in [6.45, 7) is -4.92. The molecule has 1 unspecified atom stereocenters. The minimum absolute atomic E-state index is 0.793. The molecule has 0 aliphatic carbocycles. The van der Waals surface area contributed by atoms with E-state index in [0.717, 1.165) is 34.6 Å². The van der Waals surface area contributed by atoms with Crippen molar-refractivity contribution in [3.8, 4) is 0 Å². The van der Waals surface area contributed by atoms with Crippen molar-refractivity contribution in [3.05, 3.63) is 0 Å². The van der Waals surface area contributed by atoms with Crippen LogP contribution in [0.25, 0.3) is 0 Å². The second-order valence-corrected chi connectivity index (χ2v) is 28.9. The Kier molecular flexibility index (Phi) is 34.1. The van der Waals surface area contributed by atoms with Gasteiger partial charge in [-0.1, -0.05) is 0 Å². The molecule has 45 atom stereocenters. The van der Waals surface area contributed by atoms with Crippen LogP contribution in [0.1, 0.15) is 34.6 Å². The van der Waals surface area contributed by atoms with Crippen LogP contribution in [0, 0.1) is 0 Å². The van der Waals surface area contributed by atoms with Crippen LogP contribution in [0.4, 0.5) is 0 Å². The zero-order chi connectivity index (χ0) is 84.8. The van der Waals surface area contributed by atoms with Crippen molar-refractivity contribution in [1.29, 1.82) is 0 Å². The fourth-order valence-corrected chi connectivity index (χ4v) is 14.8. The third-order valence-corrected chi connectivity index (χ3v) is 20.7. The highest BCUT2D eigenvalue weighted by Gasteiger charge is 2.61. The number of amides is 5. The quantitative estimate of drug-likeness (QED) is 0.0318. The van der Waals surface area contributed by atoms with Crippen LogP contribution < -0.4 is 26.6 Å². The number of rotatable bonds is 30. The lowest BCUT2D eigenvalue weighted by atomic mass is 9.93. The van der Waals surface area contributed by atoms with Gasteiger partial charge in [0.05, 0.1) is 59.5 Å². The number of hydrogen-bond donors (Lipinski definition) is 29. The smallest absolute Gasteiger partial charge is 0.217 e. The van der Waals surface area contributed by atoms with E-state index in [9.17, 15) is 147 Å². The number of nitrogens with one attached hydrogen (secondary N) is 5. The summed E-state index contributed by atoms with van der Waals surface area (Å²) in [4.78, 5) is 63.2. The summed E-state index contributed by atoms with van der Waals surface area (Å²) in [5.74, 6) is -4.41. The van der Waals surface area contributed by atoms with E-state index in [1.165, 1.54) is 0 Å². The second-order valence-electron chi connectivity index (χ2n) is 28.9. The number of aliphatic hydroxyl groups is 24. The van der Waals surface area contributed by atoms with E-state index in [-0.39, 0.29) is 0 Å². The third kappa shape index (κ3) is 21.4. The molecule has 9 aliphatic heterocycles. The molecule has 0 aromatic carbocycles. The zero-order valence-electron chi connectivity index (χ0n) is 62.1. The maximum atomic E-state index is 13.0. The molecule has 51 nitrogen and oxygen atoms in total. The monoisotopic (exact) mass is 1680 g/mol. The molecule has 9 aliphatic rings. The fourth-order valence-electron chi connectivity index (χ4n) is 14.8. The van der Waals surface area contributed by atoms with Crippen molar-refractivity contribution >= 4 is 29.5 Å². The van der Waals surface area contributed by atoms with Crippen molar-refractivity contribution < 1.29 is 227 Å². The first-order valence-electron chi connectivity index (χ1n) is 36.6. The predicted octanol–water partition coefficient (Wildman–Crippen LogP) is -19.9. The highest BCUT2D eigenvalue weighted by molar-refractivity contribution is 5.75. The van der Waals surface area contributed by atoms with E-state index in [0.29, 0.717) is 0 Å². The largest absolute Gasteiger partial charge is 0.394 e. The average Bonchev–Trinajstić information content (AvgIpc) is 0.768. The highest BCUT2D eigenvalue weighted by atomic mass is 16.8. The summed E-state index contributed by atoms with van der Waals surface area (Å²) in [7, 11) is 0. The Morgan fingerprint density at radius 1 is 0.226 bits per heavy atom. The van der Waals surface area contributed by atoms with E-state index >= 15 is 0 Å². The summed E-state index contributed by atoms with van der Waals surface area (Å²) in [5, 5.41) is 280. The molecule has 0 saturated carbocycles. The Balaban J connectivity index is 1.10. The van der Waals surface area contributed by atoms with Crippen molar-refractivity contribution in [1.82, 2.24) is 26.6 Å². The van der Waals surface area contributed by atoms with Gasteiger partial charge in [0.15, 0.2) is 56.6 Å². The van der Waals surface area contributed by atoms with Gasteiger partial charge in [-0.15, -0.1) is 0 Å². The van der Waals surface area contributed by atoms with E-state index in [1.807, 2.05) is 0 Å². The molecular weight excluding hydrogens is 1570 g/mol. The molecule has 9 rings (SSSR count). The van der Waals surface area contributed by atoms with Crippen LogP contribution in [0.5, 0.6) is 0 Å². The lowest BCUT2D eigenvalue weighted by Gasteiger charge is -2.51. The number of ether oxygens (including phenoxy) is 17. The Bertz CT molecular complexity index is 3100. The molecule has 9 fully saturated rings. The van der Waals surface area contributed by atoms with Crippen molar-refractivity contribution in [3.63, 3.8) is 0 Å². The molecule has 0 radical (unpaired) electrons. The van der Waals surface area contributed by atoms with Gasteiger partial charge >= 0.3 is 0 Å². The minimum atomic E-state index is -2.58. The topological polar surface area (TPSA) is 788 Å². The molecule has 0 bridgehead atoms. The Hall–Kier alpha value is -4.29. The van der Waals surface area contributed by atoms with Gasteiger partial charge in [-0.2, -0.15) is 0 Å². The third-order valence-electron chi connectivity index (χ3n) is 20.7. The maximum absolute atomic E-state index is 13.0. The van der Waals surface area contributed by atoms with Crippen LogP contribution in [0.2, 0.25) is 0 Å². The van der Waals surface area contributed by atoms with Crippen LogP contribution in [-0.4, -0.2) is 488 Å². The number of carbonyl (C=O) groups is 5. The van der Waals surface area contributed by atoms with Crippen molar-refractivity contribution in [2.24, 2.45) is 0 Å². The van der Waals surface area contributed by atoms with Gasteiger partial charge in [-0.3, -0.25) is 24.0 Å². The molecule has 51 heteroatoms. The lowest BCUT2D eigenvalue weighted by molar-refractivity contribution is -0.397. The van der Waals surface area contributed by atoms with Crippen LogP contribution in [-0.2, 0) is 104 Å². The normalized spacial score (nSPS) is 47.9. The van der Waals surface area contributed by atoms with E-state index < -0.39 is 365 Å². The van der Waals surface area contributed by atoms with Gasteiger partial charge in [-0.25, -0.2) is 0 Å². The average molecular weight is 1680 g/mol. The first-order valence-corrected chi connectivity index (χ1v) is 36.6. The summed E-state index contributed by atoms with van der Waals surface area (Å²) in [6, 6.07) is -9.03. The molecule has 0 aromatic rings. The van der Waals surface area contributed by atoms with Gasteiger partial charge in [-0.05, 0) is 0 Å². The predicted molar refractivity (Wildman–Crippen MR) is 355 cm³/mol. The lowest BCUT2D eigenvalue weighted by Crippen LogP contribution is -2.70. The first kappa shape index (κ1) is 94.6. The molecule has 5 amide bonds. The SMILES string of the molecule is CC(=O)N[C@H]1[C@H](O[C@H]2[C@H](O)[C@@H](NC(C)=O)C(O)O[C@@H]2CO)O[C@H](CO)[C@@H](O[C@@H]2O[C@H](CO[C@H]3O[C@H](CO[C@@H]4O[C@H](CO)[C@@H](O)[C@H](O)[C@H]4NC(C)=O)[C@@H](O)[C@H](O)[C@@H]3O[C@@H]3O[C@H](CO)[C@@H](O[C@@H]4O[C@H](CO)[C@H](O)[C@H](O)[C@H]4O)[C@H](O)[C@H]3NC(C)=O)[C@@H](O)[C@H](O[C@H]3O[C@H](CO)[C@@H](O)[C@H](O)[C@@H]3O[C@@H]3O[C@H](CO)[C@@H](O)[C@H](O)[C@H]3NC(C)=O)[C@@H]2O)[C@@H]1O. The first-order chi connectivity index (χ1) is 54.4. The summed E-state index contributed by atoms with van der Waals surface area (Å²) >= 11 is 0. The number of hydrogen-bond acceptors (Lipinski definition) is 46. The van der Waals surface area contributed by atoms with Gasteiger partial charge in [0.25, 0.3) is 0 Å². The van der Waals surface area contributed by atoms with Crippen LogP contribution in [0.3, 0.4) is 0 Å². The summed E-state index contributed by atoms with van der Waals surface area (Å²) in [6.07, 6.45) is -83.5. The maximum Gasteiger partial charge on any atom is 0.217 e. The molecule has 9 heterocycles. The van der Waals surface area contributed by atoms with Crippen molar-refractivity contribution in [2.75, 3.05) is 59.5 Å². The Labute approximate surface area is 651 Å². The standard InChI is InChI=1S/C64H107N5O46/c1-15(77)65-29-42(90)50(24(10-74)101-56(29)98)110-59-32(68-18(4)80)43(91)52(26(12-76)106-59)112-62-49(97)53(113-64-55(46(94)37(85)23(9-73)105-64)115-58-31(67-17(3)79)41(89)35(83)21(7-71)103-58)39(87)28(108-62)14-100-63-54(47(95)38(86)27(109-63)13-99-57-30(66-16(2)78)40(88)34(82)20(6-70)102-57)114-60-33(69-19(5)81)44(92)51(25(11-75)107-60)111-61-48(96)45(93)36(84)22(8-72)104-61/h20-64,70-76,82-98H,6-14H2,1-5H3,(H,65,77)(H,66,78)(H,67,79)(H,68,80)(H,69,81)/t20-,21-,22-,23-,24-,25-,26-,27-,28-,29-,30-,31-,32-,33-,34-,35-,36+,37-,38-,39-,40-,41-,42-,43-,44-,45+,46+,47+,48-,49+,50-,51-,52-,53+,54+,55+,56?,57-,58+,59+,60+,61+,62+,63+,64-/m1/s1. The van der Waals surface area contributed by atoms with Gasteiger partial charge < -0.3 is 230 Å². The van der Waals surface area contributed by atoms with E-state index in [4.69, 9.17) is 80.5 Å². The molecule has 0 aromatic heterocycles. The highest BCUT2D eigenvalue weighted by Crippen LogP contribution is 2.40. The zero-order valence-corrected chi connectivity index (χ0v) is 62.1. The van der Waals surface area contributed by atoms with Gasteiger partial charge in [0.1, 0.15) is 219 Å². The molecule has 29 N–H and O–H groups in total. The van der Waals surface area contributed by atoms with E-state index in [1.54, 1.807) is 0 Å². The fraction of sp³-hybridized carbons (Fsp3) is 0.922. The second kappa shape index (κ2) is 41.5. The summed E-state index contributed by atoms with van der Waals surface area (Å²) < 4.78 is 101. The molecule has 115 heavy (non-hydrogen) atoms. The number of carbonyl (C=O) groups excluding carboxylic acids is 5. The van der Waals surface area contributed by atoms with Crippen molar-refractivity contribution in [2.45, 2.75) is 311 Å². The molecular formula is C64H107N5O46. The number of aliphatic hydroxyl groups excluding tert-OH is 24. The van der Waals surface area contributed by atoms with Gasteiger partial charge in [0.2, 0.25) is 29.5 Å². The molecule has 664 valence electrons. The van der Waals surface area contributed by atoms with E-state index in [2.05, 4.69) is 26.6 Å². The molecule has 9 saturated heterocycles. The Morgan fingerprint density at radius 2 is 0.487 bits per heavy atom. The van der Waals surface area contributed by atoms with Crippen LogP contribution >= 0.6 is 0 Å².